The van der Waals surface area contributed by atoms with E-state index in [0.717, 1.165) is 35.2 Å². The number of fused-ring (bicyclic) bond motifs is 1. The second-order valence-electron chi connectivity index (χ2n) is 6.78. The number of methoxy groups -OCH3 is 1. The molecule has 0 saturated heterocycles. The first-order valence-electron chi connectivity index (χ1n) is 8.86. The lowest BCUT2D eigenvalue weighted by molar-refractivity contribution is -0.122. The van der Waals surface area contributed by atoms with Gasteiger partial charge in [-0.3, -0.25) is 9.52 Å². The molecule has 0 atom stereocenters. The van der Waals surface area contributed by atoms with E-state index in [1.807, 2.05) is 31.2 Å². The number of rotatable bonds is 6. The highest BCUT2D eigenvalue weighted by atomic mass is 32.2. The van der Waals surface area contributed by atoms with E-state index in [2.05, 4.69) is 4.72 Å². The van der Waals surface area contributed by atoms with Gasteiger partial charge in [-0.15, -0.1) is 0 Å². The first-order chi connectivity index (χ1) is 12.9. The molecule has 144 valence electrons. The van der Waals surface area contributed by atoms with E-state index in [-0.39, 0.29) is 18.3 Å². The SMILES string of the molecule is COCC(=O)N1CCCc2cc(NS(=O)(=O)Cc3cccc(C)c3)ccc21. The topological polar surface area (TPSA) is 75.7 Å². The van der Waals surface area contributed by atoms with E-state index in [4.69, 9.17) is 4.74 Å². The van der Waals surface area contributed by atoms with Gasteiger partial charge in [0.05, 0.1) is 5.75 Å². The number of anilines is 2. The number of nitrogens with one attached hydrogen (secondary N) is 1. The van der Waals surface area contributed by atoms with Crippen molar-refractivity contribution in [3.05, 3.63) is 59.2 Å². The fraction of sp³-hybridized carbons (Fsp3) is 0.350. The molecule has 3 rings (SSSR count). The molecule has 0 fully saturated rings. The summed E-state index contributed by atoms with van der Waals surface area (Å²) in [7, 11) is -2.03. The van der Waals surface area contributed by atoms with Crippen molar-refractivity contribution >= 4 is 27.3 Å². The maximum Gasteiger partial charge on any atom is 0.252 e. The smallest absolute Gasteiger partial charge is 0.252 e. The molecule has 6 nitrogen and oxygen atoms in total. The molecule has 7 heteroatoms. The molecule has 0 aromatic heterocycles. The van der Waals surface area contributed by atoms with E-state index in [1.165, 1.54) is 7.11 Å². The first-order valence-corrected chi connectivity index (χ1v) is 10.5. The first kappa shape index (κ1) is 19.4. The van der Waals surface area contributed by atoms with E-state index >= 15 is 0 Å². The van der Waals surface area contributed by atoms with Gasteiger partial charge in [0.1, 0.15) is 6.61 Å². The van der Waals surface area contributed by atoms with Crippen LogP contribution in [0.15, 0.2) is 42.5 Å². The zero-order chi connectivity index (χ0) is 19.4. The Morgan fingerprint density at radius 2 is 2.04 bits per heavy atom. The van der Waals surface area contributed by atoms with Gasteiger partial charge >= 0.3 is 0 Å². The molecule has 27 heavy (non-hydrogen) atoms. The monoisotopic (exact) mass is 388 g/mol. The number of aryl methyl sites for hydroxylation is 2. The average molecular weight is 388 g/mol. The van der Waals surface area contributed by atoms with Crippen LogP contribution in [0.5, 0.6) is 0 Å². The Bertz CT molecular complexity index is 941. The summed E-state index contributed by atoms with van der Waals surface area (Å²) in [6.45, 7) is 2.61. The highest BCUT2D eigenvalue weighted by Crippen LogP contribution is 2.30. The number of sulfonamides is 1. The molecule has 2 aromatic rings. The van der Waals surface area contributed by atoms with Crippen LogP contribution in [0.25, 0.3) is 0 Å². The fourth-order valence-corrected chi connectivity index (χ4v) is 4.53. The number of ether oxygens (including phenoxy) is 1. The van der Waals surface area contributed by atoms with Crippen LogP contribution >= 0.6 is 0 Å². The lowest BCUT2D eigenvalue weighted by Crippen LogP contribution is -2.37. The summed E-state index contributed by atoms with van der Waals surface area (Å²) in [6.07, 6.45) is 1.64. The number of carbonyl (C=O) groups is 1. The van der Waals surface area contributed by atoms with Crippen molar-refractivity contribution in [3.63, 3.8) is 0 Å². The zero-order valence-electron chi connectivity index (χ0n) is 15.6. The van der Waals surface area contributed by atoms with Crippen LogP contribution in [-0.2, 0) is 31.7 Å². The minimum Gasteiger partial charge on any atom is -0.375 e. The summed E-state index contributed by atoms with van der Waals surface area (Å²) in [5, 5.41) is 0. The van der Waals surface area contributed by atoms with Crippen LogP contribution in [0, 0.1) is 6.92 Å². The van der Waals surface area contributed by atoms with E-state index in [0.29, 0.717) is 12.2 Å². The van der Waals surface area contributed by atoms with Crippen LogP contribution in [-0.4, -0.2) is 34.6 Å². The second kappa shape index (κ2) is 8.10. The molecule has 0 spiro atoms. The van der Waals surface area contributed by atoms with Crippen molar-refractivity contribution < 1.29 is 17.9 Å². The van der Waals surface area contributed by atoms with Gasteiger partial charge in [-0.1, -0.05) is 29.8 Å². The van der Waals surface area contributed by atoms with Gasteiger partial charge in [0.2, 0.25) is 10.0 Å². The molecule has 0 radical (unpaired) electrons. The molecule has 0 saturated carbocycles. The molecular weight excluding hydrogens is 364 g/mol. The maximum absolute atomic E-state index is 12.5. The van der Waals surface area contributed by atoms with Gasteiger partial charge in [0.15, 0.2) is 0 Å². The predicted molar refractivity (Wildman–Crippen MR) is 106 cm³/mol. The molecule has 0 unspecified atom stereocenters. The summed E-state index contributed by atoms with van der Waals surface area (Å²) >= 11 is 0. The van der Waals surface area contributed by atoms with Crippen LogP contribution in [0.1, 0.15) is 23.1 Å². The van der Waals surface area contributed by atoms with Crippen LogP contribution < -0.4 is 9.62 Å². The molecule has 1 aliphatic heterocycles. The molecule has 1 amide bonds. The number of hydrogen-bond acceptors (Lipinski definition) is 4. The van der Waals surface area contributed by atoms with Crippen molar-refractivity contribution in [2.75, 3.05) is 29.9 Å². The number of nitrogens with zero attached hydrogens (tertiary/aromatic N) is 1. The molecular formula is C20H24N2O4S. The second-order valence-corrected chi connectivity index (χ2v) is 8.50. The molecule has 0 bridgehead atoms. The molecule has 1 N–H and O–H groups in total. The summed E-state index contributed by atoms with van der Waals surface area (Å²) < 4.78 is 32.6. The van der Waals surface area contributed by atoms with Crippen LogP contribution in [0.4, 0.5) is 11.4 Å². The summed E-state index contributed by atoms with van der Waals surface area (Å²) in [6, 6.07) is 12.8. The Morgan fingerprint density at radius 3 is 2.78 bits per heavy atom. The van der Waals surface area contributed by atoms with Crippen molar-refractivity contribution in [1.82, 2.24) is 0 Å². The summed E-state index contributed by atoms with van der Waals surface area (Å²) in [5.41, 5.74) is 4.07. The zero-order valence-corrected chi connectivity index (χ0v) is 16.4. The molecule has 1 aliphatic rings. The van der Waals surface area contributed by atoms with Gasteiger partial charge in [0.25, 0.3) is 5.91 Å². The third-order valence-electron chi connectivity index (χ3n) is 4.48. The lowest BCUT2D eigenvalue weighted by Gasteiger charge is -2.29. The standard InChI is InChI=1S/C20H24N2O4S/c1-15-5-3-6-16(11-15)14-27(24,25)21-18-8-9-19-17(12-18)7-4-10-22(19)20(23)13-26-2/h3,5-6,8-9,11-12,21H,4,7,10,13-14H2,1-2H3. The van der Waals surface area contributed by atoms with E-state index < -0.39 is 10.0 Å². The minimum atomic E-state index is -3.52. The highest BCUT2D eigenvalue weighted by molar-refractivity contribution is 7.91. The van der Waals surface area contributed by atoms with Gasteiger partial charge in [-0.05, 0) is 49.1 Å². The Kier molecular flexibility index (Phi) is 5.82. The Labute approximate surface area is 160 Å². The quantitative estimate of drug-likeness (QED) is 0.826. The Morgan fingerprint density at radius 1 is 1.22 bits per heavy atom. The number of benzene rings is 2. The largest absolute Gasteiger partial charge is 0.375 e. The number of carbonyl (C=O) groups excluding carboxylic acids is 1. The maximum atomic E-state index is 12.5. The average Bonchev–Trinajstić information content (AvgIpc) is 2.60. The third kappa shape index (κ3) is 4.87. The van der Waals surface area contributed by atoms with Crippen molar-refractivity contribution in [2.45, 2.75) is 25.5 Å². The van der Waals surface area contributed by atoms with Crippen molar-refractivity contribution in [1.29, 1.82) is 0 Å². The Hall–Kier alpha value is -2.38. The Balaban J connectivity index is 1.77. The highest BCUT2D eigenvalue weighted by Gasteiger charge is 2.23. The van der Waals surface area contributed by atoms with E-state index in [9.17, 15) is 13.2 Å². The predicted octanol–water partition coefficient (Wildman–Crippen LogP) is 2.86. The number of amides is 1. The molecule has 2 aromatic carbocycles. The van der Waals surface area contributed by atoms with Crippen molar-refractivity contribution in [3.8, 4) is 0 Å². The van der Waals surface area contributed by atoms with E-state index in [1.54, 1.807) is 23.1 Å². The van der Waals surface area contributed by atoms with Gasteiger partial charge in [-0.2, -0.15) is 0 Å². The minimum absolute atomic E-state index is 0.0321. The van der Waals surface area contributed by atoms with Crippen molar-refractivity contribution in [2.24, 2.45) is 0 Å². The van der Waals surface area contributed by atoms with Gasteiger partial charge in [-0.25, -0.2) is 8.42 Å². The fourth-order valence-electron chi connectivity index (χ4n) is 3.36. The van der Waals surface area contributed by atoms with Gasteiger partial charge in [0, 0.05) is 25.0 Å². The summed E-state index contributed by atoms with van der Waals surface area (Å²) in [4.78, 5) is 13.9. The van der Waals surface area contributed by atoms with Crippen LogP contribution in [0.2, 0.25) is 0 Å². The van der Waals surface area contributed by atoms with Crippen LogP contribution in [0.3, 0.4) is 0 Å². The normalized spacial score (nSPS) is 13.9. The molecule has 0 aliphatic carbocycles. The third-order valence-corrected chi connectivity index (χ3v) is 5.74. The lowest BCUT2D eigenvalue weighted by atomic mass is 10.0. The number of hydrogen-bond donors (Lipinski definition) is 1. The summed E-state index contributed by atoms with van der Waals surface area (Å²) in [5.74, 6) is -0.171. The van der Waals surface area contributed by atoms with Gasteiger partial charge < -0.3 is 9.64 Å². The molecule has 1 heterocycles.